The standard InChI is InChI=1S/C25H18N6O2S/c1-14(24(33)26-19-13-20(32)31(30-19)16-9-3-2-4-10-16)34-25-27-22-17-11-5-7-15-8-6-12-18(21(15)17)23(22)28-29-25/h2-14,30H,1H3,(H,26,33). The Morgan fingerprint density at radius 1 is 0.971 bits per heavy atom. The smallest absolute Gasteiger partial charge is 0.273 e. The number of anilines is 1. The van der Waals surface area contributed by atoms with Crippen molar-refractivity contribution < 1.29 is 4.79 Å². The van der Waals surface area contributed by atoms with Crippen molar-refractivity contribution in [1.29, 1.82) is 0 Å². The van der Waals surface area contributed by atoms with E-state index in [-0.39, 0.29) is 11.5 Å². The number of carbonyl (C=O) groups excluding carboxylic acids is 1. The second-order valence-corrected chi connectivity index (χ2v) is 9.24. The number of fused-ring (bicyclic) bond motifs is 3. The zero-order valence-corrected chi connectivity index (χ0v) is 18.8. The molecule has 0 aliphatic heterocycles. The minimum absolute atomic E-state index is 0.262. The number of nitrogens with zero attached hydrogens (tertiary/aromatic N) is 4. The van der Waals surface area contributed by atoms with Crippen molar-refractivity contribution in [2.24, 2.45) is 0 Å². The first-order valence-electron chi connectivity index (χ1n) is 10.7. The number of hydrogen-bond donors (Lipinski definition) is 2. The summed E-state index contributed by atoms with van der Waals surface area (Å²) in [7, 11) is 0. The predicted molar refractivity (Wildman–Crippen MR) is 132 cm³/mol. The van der Waals surface area contributed by atoms with Crippen molar-refractivity contribution in [1.82, 2.24) is 25.0 Å². The molecule has 0 saturated heterocycles. The average molecular weight is 467 g/mol. The summed E-state index contributed by atoms with van der Waals surface area (Å²) < 4.78 is 1.37. The number of amides is 1. The first kappa shape index (κ1) is 20.4. The van der Waals surface area contributed by atoms with Gasteiger partial charge in [0, 0.05) is 22.6 Å². The van der Waals surface area contributed by atoms with E-state index in [0.29, 0.717) is 16.7 Å². The molecule has 1 atom stereocenters. The molecule has 0 bridgehead atoms. The molecule has 0 spiro atoms. The Morgan fingerprint density at radius 3 is 2.47 bits per heavy atom. The van der Waals surface area contributed by atoms with Gasteiger partial charge in [-0.15, -0.1) is 10.2 Å². The maximum absolute atomic E-state index is 12.8. The monoisotopic (exact) mass is 466 g/mol. The molecule has 3 aromatic carbocycles. The third-order valence-corrected chi connectivity index (χ3v) is 6.68. The Kier molecular flexibility index (Phi) is 4.77. The van der Waals surface area contributed by atoms with Crippen LogP contribution in [0.4, 0.5) is 5.82 Å². The minimum Gasteiger partial charge on any atom is -0.310 e. The van der Waals surface area contributed by atoms with Crippen LogP contribution in [0.2, 0.25) is 0 Å². The number of rotatable bonds is 5. The third kappa shape index (κ3) is 3.37. The summed E-state index contributed by atoms with van der Waals surface area (Å²) in [4.78, 5) is 29.8. The van der Waals surface area contributed by atoms with Gasteiger partial charge in [0.25, 0.3) is 5.56 Å². The lowest BCUT2D eigenvalue weighted by molar-refractivity contribution is -0.115. The predicted octanol–water partition coefficient (Wildman–Crippen LogP) is 4.27. The summed E-state index contributed by atoms with van der Waals surface area (Å²) in [5, 5.41) is 16.5. The molecule has 0 saturated carbocycles. The number of benzene rings is 3. The summed E-state index contributed by atoms with van der Waals surface area (Å²) >= 11 is 1.22. The Labute approximate surface area is 198 Å². The fourth-order valence-corrected chi connectivity index (χ4v) is 4.85. The highest BCUT2D eigenvalue weighted by atomic mass is 32.2. The highest BCUT2D eigenvalue weighted by Crippen LogP contribution is 2.45. The summed E-state index contributed by atoms with van der Waals surface area (Å²) in [5.41, 5.74) is 4.01. The number of aromatic nitrogens is 5. The van der Waals surface area contributed by atoms with Crippen LogP contribution in [-0.4, -0.2) is 36.1 Å². The van der Waals surface area contributed by atoms with Gasteiger partial charge in [0.15, 0.2) is 0 Å². The van der Waals surface area contributed by atoms with Crippen LogP contribution in [0, 0.1) is 0 Å². The van der Waals surface area contributed by atoms with Crippen LogP contribution >= 0.6 is 11.8 Å². The van der Waals surface area contributed by atoms with Gasteiger partial charge in [-0.2, -0.15) is 0 Å². The topological polar surface area (TPSA) is 106 Å². The van der Waals surface area contributed by atoms with Gasteiger partial charge in [0.2, 0.25) is 11.1 Å². The lowest BCUT2D eigenvalue weighted by atomic mass is 10.0. The minimum atomic E-state index is -0.511. The van der Waals surface area contributed by atoms with Gasteiger partial charge < -0.3 is 5.32 Å². The maximum atomic E-state index is 12.8. The van der Waals surface area contributed by atoms with Gasteiger partial charge in [-0.3, -0.25) is 14.7 Å². The maximum Gasteiger partial charge on any atom is 0.273 e. The number of H-pyrrole nitrogens is 1. The quantitative estimate of drug-likeness (QED) is 0.368. The van der Waals surface area contributed by atoms with Crippen molar-refractivity contribution >= 4 is 34.3 Å². The molecule has 166 valence electrons. The van der Waals surface area contributed by atoms with Crippen LogP contribution in [-0.2, 0) is 4.79 Å². The van der Waals surface area contributed by atoms with E-state index in [0.717, 1.165) is 33.3 Å². The molecule has 2 aromatic heterocycles. The average Bonchev–Trinajstić information content (AvgIpc) is 3.38. The van der Waals surface area contributed by atoms with E-state index in [4.69, 9.17) is 4.98 Å². The van der Waals surface area contributed by atoms with Crippen LogP contribution in [0.3, 0.4) is 0 Å². The van der Waals surface area contributed by atoms with Crippen molar-refractivity contribution in [2.75, 3.05) is 5.32 Å². The van der Waals surface area contributed by atoms with Gasteiger partial charge in [-0.05, 0) is 24.4 Å². The fourth-order valence-electron chi connectivity index (χ4n) is 4.14. The van der Waals surface area contributed by atoms with Crippen LogP contribution in [0.25, 0.3) is 39.0 Å². The van der Waals surface area contributed by atoms with E-state index < -0.39 is 5.25 Å². The zero-order chi connectivity index (χ0) is 23.2. The largest absolute Gasteiger partial charge is 0.310 e. The van der Waals surface area contributed by atoms with Gasteiger partial charge in [-0.1, -0.05) is 66.4 Å². The van der Waals surface area contributed by atoms with E-state index in [1.165, 1.54) is 22.5 Å². The number of para-hydroxylation sites is 1. The summed E-state index contributed by atoms with van der Waals surface area (Å²) in [5.74, 6) is 0.0439. The fraction of sp³-hybridized carbons (Fsp3) is 0.0800. The molecule has 34 heavy (non-hydrogen) atoms. The molecular formula is C25H18N6O2S. The molecule has 6 rings (SSSR count). The van der Waals surface area contributed by atoms with Crippen molar-refractivity contribution in [3.8, 4) is 28.2 Å². The van der Waals surface area contributed by atoms with E-state index in [1.54, 1.807) is 19.1 Å². The Morgan fingerprint density at radius 2 is 1.71 bits per heavy atom. The third-order valence-electron chi connectivity index (χ3n) is 5.73. The molecule has 1 aliphatic rings. The lowest BCUT2D eigenvalue weighted by Gasteiger charge is -2.10. The molecular weight excluding hydrogens is 448 g/mol. The van der Waals surface area contributed by atoms with Gasteiger partial charge >= 0.3 is 0 Å². The van der Waals surface area contributed by atoms with E-state index in [9.17, 15) is 9.59 Å². The van der Waals surface area contributed by atoms with Crippen LogP contribution < -0.4 is 10.9 Å². The van der Waals surface area contributed by atoms with Crippen molar-refractivity contribution in [3.05, 3.63) is 83.2 Å². The number of nitrogens with one attached hydrogen (secondary N) is 2. The molecule has 1 amide bonds. The number of carbonyl (C=O) groups is 1. The van der Waals surface area contributed by atoms with Gasteiger partial charge in [0.1, 0.15) is 17.2 Å². The second-order valence-electron chi connectivity index (χ2n) is 7.93. The van der Waals surface area contributed by atoms with Crippen LogP contribution in [0.5, 0.6) is 0 Å². The molecule has 2 N–H and O–H groups in total. The summed E-state index contributed by atoms with van der Waals surface area (Å²) in [6.45, 7) is 1.76. The number of hydrogen-bond acceptors (Lipinski definition) is 6. The Balaban J connectivity index is 1.21. The SMILES string of the molecule is CC(Sc1nnc2c(n1)-c1cccc3cccc-2c13)C(=O)Nc1cc(=O)n(-c2ccccc2)[nH]1. The second kappa shape index (κ2) is 7.96. The Bertz CT molecular complexity index is 1620. The van der Waals surface area contributed by atoms with Crippen molar-refractivity contribution in [3.63, 3.8) is 0 Å². The van der Waals surface area contributed by atoms with E-state index in [2.05, 4.69) is 32.7 Å². The van der Waals surface area contributed by atoms with Crippen molar-refractivity contribution in [2.45, 2.75) is 17.3 Å². The molecule has 5 aromatic rings. The first-order valence-corrected chi connectivity index (χ1v) is 11.6. The van der Waals surface area contributed by atoms with Crippen LogP contribution in [0.1, 0.15) is 6.92 Å². The van der Waals surface area contributed by atoms with Crippen LogP contribution in [0.15, 0.2) is 82.7 Å². The summed E-state index contributed by atoms with van der Waals surface area (Å²) in [6.07, 6.45) is 0. The molecule has 1 aliphatic carbocycles. The highest BCUT2D eigenvalue weighted by molar-refractivity contribution is 8.00. The molecule has 9 heteroatoms. The number of thioether (sulfide) groups is 1. The molecule has 1 unspecified atom stereocenters. The first-order chi connectivity index (χ1) is 16.6. The highest BCUT2D eigenvalue weighted by Gasteiger charge is 2.26. The normalized spacial score (nSPS) is 12.5. The van der Waals surface area contributed by atoms with Gasteiger partial charge in [0.05, 0.1) is 10.9 Å². The molecule has 8 nitrogen and oxygen atoms in total. The molecule has 0 radical (unpaired) electrons. The lowest BCUT2D eigenvalue weighted by Crippen LogP contribution is -2.23. The zero-order valence-electron chi connectivity index (χ0n) is 18.0. The Hall–Kier alpha value is -4.24. The number of aromatic amines is 1. The summed E-state index contributed by atoms with van der Waals surface area (Å²) in [6, 6.07) is 22.7. The molecule has 0 fully saturated rings. The van der Waals surface area contributed by atoms with E-state index in [1.807, 2.05) is 42.5 Å². The molecule has 2 heterocycles. The van der Waals surface area contributed by atoms with Gasteiger partial charge in [-0.25, -0.2) is 9.67 Å². The van der Waals surface area contributed by atoms with E-state index >= 15 is 0 Å².